The largest absolute Gasteiger partial charge is 0.464 e. The molecule has 0 aliphatic heterocycles. The van der Waals surface area contributed by atoms with Crippen LogP contribution in [0, 0.1) is 0 Å². The summed E-state index contributed by atoms with van der Waals surface area (Å²) < 4.78 is 31.7. The maximum Gasteiger partial charge on any atom is 0.316 e. The van der Waals surface area contributed by atoms with Crippen LogP contribution in [0.4, 0.5) is 5.69 Å². The summed E-state index contributed by atoms with van der Waals surface area (Å²) in [5.74, 6) is 0. The molecular formula is C12H12ClN3O3S. The first-order chi connectivity index (χ1) is 9.53. The molecule has 0 amide bonds. The van der Waals surface area contributed by atoms with E-state index in [4.69, 9.17) is 16.3 Å². The van der Waals surface area contributed by atoms with E-state index in [1.807, 2.05) is 0 Å². The zero-order valence-electron chi connectivity index (χ0n) is 10.6. The van der Waals surface area contributed by atoms with Gasteiger partial charge in [-0.15, -0.1) is 0 Å². The van der Waals surface area contributed by atoms with E-state index < -0.39 is 10.0 Å². The van der Waals surface area contributed by atoms with Gasteiger partial charge in [0, 0.05) is 0 Å². The van der Waals surface area contributed by atoms with Crippen molar-refractivity contribution in [1.29, 1.82) is 0 Å². The third kappa shape index (κ3) is 3.37. The maximum atomic E-state index is 12.2. The smallest absolute Gasteiger partial charge is 0.316 e. The van der Waals surface area contributed by atoms with Crippen molar-refractivity contribution in [3.8, 4) is 6.01 Å². The molecule has 0 radical (unpaired) electrons. The SMILES string of the molecule is CCOc1ncc(NS(=O)(=O)c2ccccc2Cl)cn1. The summed E-state index contributed by atoms with van der Waals surface area (Å²) in [6, 6.07) is 6.36. The zero-order chi connectivity index (χ0) is 14.6. The first-order valence-electron chi connectivity index (χ1n) is 5.75. The molecule has 6 nitrogen and oxygen atoms in total. The number of halogens is 1. The van der Waals surface area contributed by atoms with Crippen molar-refractivity contribution in [3.05, 3.63) is 41.7 Å². The van der Waals surface area contributed by atoms with Gasteiger partial charge in [0.15, 0.2) is 0 Å². The van der Waals surface area contributed by atoms with Crippen molar-refractivity contribution in [2.45, 2.75) is 11.8 Å². The van der Waals surface area contributed by atoms with Gasteiger partial charge in [-0.3, -0.25) is 4.72 Å². The van der Waals surface area contributed by atoms with Crippen molar-refractivity contribution >= 4 is 27.3 Å². The molecular weight excluding hydrogens is 302 g/mol. The lowest BCUT2D eigenvalue weighted by Gasteiger charge is -2.09. The number of ether oxygens (including phenoxy) is 1. The summed E-state index contributed by atoms with van der Waals surface area (Å²) in [5, 5.41) is 0.145. The lowest BCUT2D eigenvalue weighted by Crippen LogP contribution is -2.14. The first-order valence-corrected chi connectivity index (χ1v) is 7.61. The summed E-state index contributed by atoms with van der Waals surface area (Å²) >= 11 is 5.87. The van der Waals surface area contributed by atoms with Crippen molar-refractivity contribution < 1.29 is 13.2 Å². The Hall–Kier alpha value is -1.86. The average molecular weight is 314 g/mol. The van der Waals surface area contributed by atoms with E-state index in [0.29, 0.717) is 6.61 Å². The molecule has 0 atom stereocenters. The standard InChI is InChI=1S/C12H12ClN3O3S/c1-2-19-12-14-7-9(8-15-12)16-20(17,18)11-6-4-3-5-10(11)13/h3-8,16H,2H2,1H3. The Kier molecular flexibility index (Phi) is 4.41. The molecule has 0 fully saturated rings. The lowest BCUT2D eigenvalue weighted by atomic mass is 10.4. The highest BCUT2D eigenvalue weighted by atomic mass is 35.5. The summed E-state index contributed by atoms with van der Waals surface area (Å²) in [7, 11) is -3.77. The van der Waals surface area contributed by atoms with Gasteiger partial charge in [0.2, 0.25) is 0 Å². The Labute approximate surface area is 121 Å². The van der Waals surface area contributed by atoms with Crippen LogP contribution in [0.15, 0.2) is 41.6 Å². The van der Waals surface area contributed by atoms with Gasteiger partial charge in [0.1, 0.15) is 4.90 Å². The molecule has 0 aliphatic carbocycles. The average Bonchev–Trinajstić information content (AvgIpc) is 2.41. The third-order valence-electron chi connectivity index (χ3n) is 2.28. The van der Waals surface area contributed by atoms with Crippen LogP contribution in [0.2, 0.25) is 5.02 Å². The Morgan fingerprint density at radius 1 is 1.25 bits per heavy atom. The molecule has 0 bridgehead atoms. The number of nitrogens with one attached hydrogen (secondary N) is 1. The van der Waals surface area contributed by atoms with Crippen LogP contribution >= 0.6 is 11.6 Å². The number of benzene rings is 1. The van der Waals surface area contributed by atoms with Crippen molar-refractivity contribution in [2.75, 3.05) is 11.3 Å². The van der Waals surface area contributed by atoms with E-state index in [1.165, 1.54) is 24.5 Å². The van der Waals surface area contributed by atoms with Crippen molar-refractivity contribution in [2.24, 2.45) is 0 Å². The van der Waals surface area contributed by atoms with Gasteiger partial charge in [-0.05, 0) is 19.1 Å². The summed E-state index contributed by atoms with van der Waals surface area (Å²) in [4.78, 5) is 7.75. The monoisotopic (exact) mass is 313 g/mol. The molecule has 1 N–H and O–H groups in total. The van der Waals surface area contributed by atoms with E-state index in [2.05, 4.69) is 14.7 Å². The highest BCUT2D eigenvalue weighted by Gasteiger charge is 2.17. The minimum atomic E-state index is -3.77. The van der Waals surface area contributed by atoms with Gasteiger partial charge in [0.05, 0.1) is 29.7 Å². The van der Waals surface area contributed by atoms with Gasteiger partial charge in [0.25, 0.3) is 10.0 Å². The normalized spacial score (nSPS) is 11.1. The van der Waals surface area contributed by atoms with Crippen LogP contribution in [-0.2, 0) is 10.0 Å². The van der Waals surface area contributed by atoms with Crippen LogP contribution in [0.3, 0.4) is 0 Å². The summed E-state index contributed by atoms with van der Waals surface area (Å²) in [5.41, 5.74) is 0.230. The molecule has 0 unspecified atom stereocenters. The second kappa shape index (κ2) is 6.06. The molecule has 1 heterocycles. The third-order valence-corrected chi connectivity index (χ3v) is 4.16. The molecule has 8 heteroatoms. The predicted molar refractivity (Wildman–Crippen MR) is 75.5 cm³/mol. The molecule has 0 spiro atoms. The van der Waals surface area contributed by atoms with E-state index in [1.54, 1.807) is 19.1 Å². The second-order valence-electron chi connectivity index (χ2n) is 3.72. The molecule has 0 saturated heterocycles. The second-order valence-corrected chi connectivity index (χ2v) is 5.78. The molecule has 0 saturated carbocycles. The molecule has 106 valence electrons. The number of nitrogens with zero attached hydrogens (tertiary/aromatic N) is 2. The molecule has 0 aliphatic rings. The first kappa shape index (κ1) is 14.5. The molecule has 20 heavy (non-hydrogen) atoms. The van der Waals surface area contributed by atoms with Gasteiger partial charge >= 0.3 is 6.01 Å². The number of anilines is 1. The van der Waals surface area contributed by atoms with E-state index in [0.717, 1.165) is 0 Å². The van der Waals surface area contributed by atoms with Gasteiger partial charge in [-0.25, -0.2) is 18.4 Å². The molecule has 2 aromatic rings. The van der Waals surface area contributed by atoms with E-state index in [9.17, 15) is 8.42 Å². The van der Waals surface area contributed by atoms with Gasteiger partial charge < -0.3 is 4.74 Å². The Morgan fingerprint density at radius 3 is 2.50 bits per heavy atom. The summed E-state index contributed by atoms with van der Waals surface area (Å²) in [6.07, 6.45) is 2.65. The number of sulfonamides is 1. The fraction of sp³-hybridized carbons (Fsp3) is 0.167. The number of hydrogen-bond acceptors (Lipinski definition) is 5. The van der Waals surface area contributed by atoms with Crippen LogP contribution in [0.5, 0.6) is 6.01 Å². The molecule has 2 rings (SSSR count). The Bertz CT molecular complexity index is 689. The summed E-state index contributed by atoms with van der Waals surface area (Å²) in [6.45, 7) is 2.24. The highest BCUT2D eigenvalue weighted by molar-refractivity contribution is 7.92. The fourth-order valence-corrected chi connectivity index (χ4v) is 2.99. The zero-order valence-corrected chi connectivity index (χ0v) is 12.1. The van der Waals surface area contributed by atoms with Crippen LogP contribution in [0.1, 0.15) is 6.92 Å². The molecule has 1 aromatic carbocycles. The maximum absolute atomic E-state index is 12.2. The highest BCUT2D eigenvalue weighted by Crippen LogP contribution is 2.22. The quantitative estimate of drug-likeness (QED) is 0.916. The van der Waals surface area contributed by atoms with Crippen LogP contribution in [-0.4, -0.2) is 25.0 Å². The van der Waals surface area contributed by atoms with Crippen molar-refractivity contribution in [1.82, 2.24) is 9.97 Å². The minimum Gasteiger partial charge on any atom is -0.464 e. The number of hydrogen-bond donors (Lipinski definition) is 1. The van der Waals surface area contributed by atoms with Crippen molar-refractivity contribution in [3.63, 3.8) is 0 Å². The number of aromatic nitrogens is 2. The lowest BCUT2D eigenvalue weighted by molar-refractivity contribution is 0.312. The van der Waals surface area contributed by atoms with Crippen LogP contribution in [0.25, 0.3) is 0 Å². The van der Waals surface area contributed by atoms with Gasteiger partial charge in [-0.1, -0.05) is 23.7 Å². The van der Waals surface area contributed by atoms with E-state index in [-0.39, 0.29) is 21.6 Å². The predicted octanol–water partition coefficient (Wildman–Crippen LogP) is 2.33. The van der Waals surface area contributed by atoms with Crippen LogP contribution < -0.4 is 9.46 Å². The van der Waals surface area contributed by atoms with E-state index >= 15 is 0 Å². The topological polar surface area (TPSA) is 81.2 Å². The molecule has 1 aromatic heterocycles. The fourth-order valence-electron chi connectivity index (χ4n) is 1.45. The Balaban J connectivity index is 2.22. The number of rotatable bonds is 5. The Morgan fingerprint density at radius 2 is 1.90 bits per heavy atom. The minimum absolute atomic E-state index is 0.00412. The van der Waals surface area contributed by atoms with Gasteiger partial charge in [-0.2, -0.15) is 0 Å².